The second-order valence-electron chi connectivity index (χ2n) is 5.44. The van der Waals surface area contributed by atoms with Crippen LogP contribution in [0.15, 0.2) is 48.8 Å². The molecule has 3 rings (SSSR count). The van der Waals surface area contributed by atoms with Crippen LogP contribution in [-0.4, -0.2) is 15.9 Å². The summed E-state index contributed by atoms with van der Waals surface area (Å²) >= 11 is 1.49. The molecule has 0 spiro atoms. The predicted molar refractivity (Wildman–Crippen MR) is 93.0 cm³/mol. The van der Waals surface area contributed by atoms with Crippen molar-refractivity contribution in [1.82, 2.24) is 9.97 Å². The van der Waals surface area contributed by atoms with Crippen LogP contribution in [0, 0.1) is 13.8 Å². The standard InChI is InChI=1S/C18H17N3OS/c1-12-3-6-14(7-4-12)9-16-11-20-18(23-16)21-17(22)15-8-5-13(2)19-10-15/h3-8,10-11H,9H2,1-2H3,(H,20,21,22). The molecule has 1 N–H and O–H groups in total. The predicted octanol–water partition coefficient (Wildman–Crippen LogP) is 4.00. The van der Waals surface area contributed by atoms with Crippen molar-refractivity contribution in [2.24, 2.45) is 0 Å². The van der Waals surface area contributed by atoms with Gasteiger partial charge in [0.05, 0.1) is 5.56 Å². The third-order valence-electron chi connectivity index (χ3n) is 3.45. The van der Waals surface area contributed by atoms with Crippen LogP contribution >= 0.6 is 11.3 Å². The zero-order valence-corrected chi connectivity index (χ0v) is 13.9. The molecule has 5 heteroatoms. The summed E-state index contributed by atoms with van der Waals surface area (Å²) in [6, 6.07) is 12.0. The summed E-state index contributed by atoms with van der Waals surface area (Å²) in [5, 5.41) is 3.43. The van der Waals surface area contributed by atoms with E-state index in [1.165, 1.54) is 22.5 Å². The normalized spacial score (nSPS) is 10.5. The fourth-order valence-corrected chi connectivity index (χ4v) is 2.97. The first-order valence-electron chi connectivity index (χ1n) is 7.34. The lowest BCUT2D eigenvalue weighted by atomic mass is 10.1. The largest absolute Gasteiger partial charge is 0.298 e. The summed E-state index contributed by atoms with van der Waals surface area (Å²) in [6.45, 7) is 3.96. The maximum absolute atomic E-state index is 12.1. The number of aromatic nitrogens is 2. The van der Waals surface area contributed by atoms with Gasteiger partial charge in [-0.2, -0.15) is 0 Å². The lowest BCUT2D eigenvalue weighted by molar-refractivity contribution is 0.102. The van der Waals surface area contributed by atoms with Crippen LogP contribution in [0.1, 0.15) is 32.1 Å². The van der Waals surface area contributed by atoms with E-state index in [1.54, 1.807) is 12.3 Å². The Kier molecular flexibility index (Phi) is 4.48. The van der Waals surface area contributed by atoms with Crippen LogP contribution < -0.4 is 5.32 Å². The molecule has 4 nitrogen and oxygen atoms in total. The molecule has 2 aromatic heterocycles. The maximum atomic E-state index is 12.1. The molecule has 0 atom stereocenters. The Hall–Kier alpha value is -2.53. The summed E-state index contributed by atoms with van der Waals surface area (Å²) < 4.78 is 0. The zero-order chi connectivity index (χ0) is 16.2. The topological polar surface area (TPSA) is 54.9 Å². The van der Waals surface area contributed by atoms with E-state index in [0.717, 1.165) is 17.0 Å². The molecule has 0 aliphatic carbocycles. The number of nitrogens with one attached hydrogen (secondary N) is 1. The third kappa shape index (κ3) is 4.02. The van der Waals surface area contributed by atoms with E-state index < -0.39 is 0 Å². The van der Waals surface area contributed by atoms with Crippen molar-refractivity contribution >= 4 is 22.4 Å². The van der Waals surface area contributed by atoms with Crippen LogP contribution in [0.2, 0.25) is 0 Å². The van der Waals surface area contributed by atoms with Gasteiger partial charge in [-0.3, -0.25) is 15.1 Å². The van der Waals surface area contributed by atoms with Crippen molar-refractivity contribution in [3.63, 3.8) is 0 Å². The number of benzene rings is 1. The molecule has 2 heterocycles. The molecule has 0 radical (unpaired) electrons. The smallest absolute Gasteiger partial charge is 0.259 e. The second-order valence-corrected chi connectivity index (χ2v) is 6.55. The Morgan fingerprint density at radius 1 is 1.04 bits per heavy atom. The number of pyridine rings is 1. The molecule has 0 unspecified atom stereocenters. The molecule has 23 heavy (non-hydrogen) atoms. The number of hydrogen-bond acceptors (Lipinski definition) is 4. The minimum atomic E-state index is -0.186. The summed E-state index contributed by atoms with van der Waals surface area (Å²) in [5.41, 5.74) is 3.90. The van der Waals surface area contributed by atoms with Gasteiger partial charge in [0.25, 0.3) is 5.91 Å². The van der Waals surface area contributed by atoms with E-state index in [9.17, 15) is 4.79 Å². The molecule has 0 bridgehead atoms. The highest BCUT2D eigenvalue weighted by atomic mass is 32.1. The van der Waals surface area contributed by atoms with Gasteiger partial charge in [-0.25, -0.2) is 4.98 Å². The first-order valence-corrected chi connectivity index (χ1v) is 8.16. The highest BCUT2D eigenvalue weighted by Gasteiger charge is 2.09. The summed E-state index contributed by atoms with van der Waals surface area (Å²) in [4.78, 5) is 21.7. The quantitative estimate of drug-likeness (QED) is 0.789. The van der Waals surface area contributed by atoms with E-state index in [-0.39, 0.29) is 5.91 Å². The van der Waals surface area contributed by atoms with Gasteiger partial charge in [0, 0.05) is 29.4 Å². The van der Waals surface area contributed by atoms with Crippen molar-refractivity contribution < 1.29 is 4.79 Å². The number of anilines is 1. The fourth-order valence-electron chi connectivity index (χ4n) is 2.13. The zero-order valence-electron chi connectivity index (χ0n) is 13.0. The Balaban J connectivity index is 1.66. The van der Waals surface area contributed by atoms with Crippen LogP contribution in [0.25, 0.3) is 0 Å². The SMILES string of the molecule is Cc1ccc(Cc2cnc(NC(=O)c3ccc(C)nc3)s2)cc1. The fraction of sp³-hybridized carbons (Fsp3) is 0.167. The number of thiazole rings is 1. The average Bonchev–Trinajstić information content (AvgIpc) is 2.97. The van der Waals surface area contributed by atoms with Gasteiger partial charge < -0.3 is 0 Å². The lowest BCUT2D eigenvalue weighted by Crippen LogP contribution is -2.11. The Morgan fingerprint density at radius 3 is 2.52 bits per heavy atom. The summed E-state index contributed by atoms with van der Waals surface area (Å²) in [7, 11) is 0. The molecule has 0 fully saturated rings. The molecule has 0 saturated carbocycles. The van der Waals surface area contributed by atoms with Gasteiger partial charge in [0.2, 0.25) is 0 Å². The average molecular weight is 323 g/mol. The van der Waals surface area contributed by atoms with Gasteiger partial charge in [-0.05, 0) is 31.5 Å². The number of hydrogen-bond donors (Lipinski definition) is 1. The first kappa shape index (κ1) is 15.4. The van der Waals surface area contributed by atoms with Crippen molar-refractivity contribution in [1.29, 1.82) is 0 Å². The third-order valence-corrected chi connectivity index (χ3v) is 4.36. The van der Waals surface area contributed by atoms with E-state index >= 15 is 0 Å². The van der Waals surface area contributed by atoms with Crippen molar-refractivity contribution in [2.45, 2.75) is 20.3 Å². The minimum Gasteiger partial charge on any atom is -0.298 e. The second kappa shape index (κ2) is 6.71. The number of carbonyl (C=O) groups is 1. The monoisotopic (exact) mass is 323 g/mol. The molecular formula is C18H17N3OS. The number of amides is 1. The number of nitrogens with zero attached hydrogens (tertiary/aromatic N) is 2. The van der Waals surface area contributed by atoms with Crippen molar-refractivity contribution in [2.75, 3.05) is 5.32 Å². The Morgan fingerprint density at radius 2 is 1.83 bits per heavy atom. The number of rotatable bonds is 4. The molecule has 0 saturated heterocycles. The number of carbonyl (C=O) groups excluding carboxylic acids is 1. The van der Waals surface area contributed by atoms with E-state index in [1.807, 2.05) is 19.2 Å². The van der Waals surface area contributed by atoms with Gasteiger partial charge in [-0.15, -0.1) is 11.3 Å². The van der Waals surface area contributed by atoms with Crippen LogP contribution in [-0.2, 0) is 6.42 Å². The highest BCUT2D eigenvalue weighted by Crippen LogP contribution is 2.22. The van der Waals surface area contributed by atoms with Crippen molar-refractivity contribution in [3.05, 3.63) is 76.1 Å². The van der Waals surface area contributed by atoms with Gasteiger partial charge in [0.15, 0.2) is 5.13 Å². The maximum Gasteiger partial charge on any atom is 0.259 e. The first-order chi connectivity index (χ1) is 11.1. The highest BCUT2D eigenvalue weighted by molar-refractivity contribution is 7.15. The van der Waals surface area contributed by atoms with E-state index in [2.05, 4.69) is 46.5 Å². The lowest BCUT2D eigenvalue weighted by Gasteiger charge is -2.01. The Labute approximate surface area is 139 Å². The molecule has 3 aromatic rings. The van der Waals surface area contributed by atoms with Gasteiger partial charge in [-0.1, -0.05) is 29.8 Å². The Bertz CT molecular complexity index is 807. The van der Waals surface area contributed by atoms with Crippen LogP contribution in [0.5, 0.6) is 0 Å². The van der Waals surface area contributed by atoms with Crippen LogP contribution in [0.3, 0.4) is 0 Å². The van der Waals surface area contributed by atoms with Crippen molar-refractivity contribution in [3.8, 4) is 0 Å². The number of aryl methyl sites for hydroxylation is 2. The van der Waals surface area contributed by atoms with Gasteiger partial charge in [0.1, 0.15) is 0 Å². The van der Waals surface area contributed by atoms with Gasteiger partial charge >= 0.3 is 0 Å². The van der Waals surface area contributed by atoms with E-state index in [4.69, 9.17) is 0 Å². The van der Waals surface area contributed by atoms with Crippen LogP contribution in [0.4, 0.5) is 5.13 Å². The molecule has 0 aliphatic rings. The summed E-state index contributed by atoms with van der Waals surface area (Å²) in [6.07, 6.45) is 4.21. The molecular weight excluding hydrogens is 306 g/mol. The minimum absolute atomic E-state index is 0.186. The molecule has 1 amide bonds. The molecule has 116 valence electrons. The molecule has 1 aromatic carbocycles. The summed E-state index contributed by atoms with van der Waals surface area (Å²) in [5.74, 6) is -0.186. The molecule has 0 aliphatic heterocycles. The van der Waals surface area contributed by atoms with E-state index in [0.29, 0.717) is 10.7 Å².